The molecular formula is C27H33IN4O4. The van der Waals surface area contributed by atoms with Crippen LogP contribution in [-0.4, -0.2) is 59.5 Å². The van der Waals surface area contributed by atoms with Crippen molar-refractivity contribution in [2.24, 2.45) is 5.41 Å². The van der Waals surface area contributed by atoms with Gasteiger partial charge in [-0.25, -0.2) is 9.69 Å². The average molecular weight is 604 g/mol. The SMILES string of the molecule is CCC1(CC)C(=O)N(C(=O)NC(I)c2ccccc2)C1Oc1ccc(C(=O)N2CCNCC2C)cc1. The van der Waals surface area contributed by atoms with Gasteiger partial charge in [-0.1, -0.05) is 66.8 Å². The second kappa shape index (κ2) is 11.2. The van der Waals surface area contributed by atoms with Gasteiger partial charge in [0.2, 0.25) is 5.91 Å². The second-order valence-electron chi connectivity index (χ2n) is 9.31. The van der Waals surface area contributed by atoms with Gasteiger partial charge in [-0.3, -0.25) is 9.59 Å². The minimum Gasteiger partial charge on any atom is -0.469 e. The van der Waals surface area contributed by atoms with E-state index in [-0.39, 0.29) is 21.9 Å². The van der Waals surface area contributed by atoms with Crippen LogP contribution < -0.4 is 15.4 Å². The summed E-state index contributed by atoms with van der Waals surface area (Å²) in [6.07, 6.45) is 0.385. The van der Waals surface area contributed by atoms with Gasteiger partial charge in [0.15, 0.2) is 6.23 Å². The lowest BCUT2D eigenvalue weighted by Gasteiger charge is -2.53. The molecule has 2 heterocycles. The number of halogens is 1. The summed E-state index contributed by atoms with van der Waals surface area (Å²) in [5, 5.41) is 6.20. The minimum atomic E-state index is -0.768. The Balaban J connectivity index is 1.49. The molecule has 2 aromatic carbocycles. The summed E-state index contributed by atoms with van der Waals surface area (Å²) in [6.45, 7) is 8.14. The van der Waals surface area contributed by atoms with Crippen LogP contribution in [-0.2, 0) is 4.79 Å². The molecule has 4 amide bonds. The van der Waals surface area contributed by atoms with Crippen molar-refractivity contribution in [3.8, 4) is 5.75 Å². The molecule has 192 valence electrons. The summed E-state index contributed by atoms with van der Waals surface area (Å²) >= 11 is 2.14. The zero-order valence-corrected chi connectivity index (χ0v) is 23.0. The molecule has 0 bridgehead atoms. The Labute approximate surface area is 225 Å². The van der Waals surface area contributed by atoms with E-state index in [2.05, 4.69) is 33.2 Å². The third-order valence-corrected chi connectivity index (χ3v) is 8.32. The lowest BCUT2D eigenvalue weighted by molar-refractivity contribution is -0.190. The number of nitrogens with zero attached hydrogens (tertiary/aromatic N) is 2. The molecule has 4 rings (SSSR count). The summed E-state index contributed by atoms with van der Waals surface area (Å²) < 4.78 is 5.96. The smallest absolute Gasteiger partial charge is 0.328 e. The standard InChI is InChI=1S/C27H33IN4O4/c1-4-27(5-2)24(34)32(26(35)30-22(28)19-9-7-6-8-10-19)25(27)36-21-13-11-20(12-14-21)23(33)31-16-15-29-17-18(31)3/h6-14,18,22,25,29H,4-5,15-17H2,1-3H3,(H,30,35). The summed E-state index contributed by atoms with van der Waals surface area (Å²) in [5.41, 5.74) is 0.756. The van der Waals surface area contributed by atoms with E-state index in [1.807, 2.05) is 56.0 Å². The van der Waals surface area contributed by atoms with E-state index >= 15 is 0 Å². The van der Waals surface area contributed by atoms with Gasteiger partial charge in [0, 0.05) is 31.2 Å². The predicted molar refractivity (Wildman–Crippen MR) is 146 cm³/mol. The molecule has 3 unspecified atom stereocenters. The highest BCUT2D eigenvalue weighted by Gasteiger charge is 2.63. The number of carbonyl (C=O) groups is 3. The van der Waals surface area contributed by atoms with E-state index in [1.165, 1.54) is 4.90 Å². The Hall–Kier alpha value is -2.66. The number of rotatable bonds is 7. The fourth-order valence-electron chi connectivity index (χ4n) is 4.90. The molecule has 3 atom stereocenters. The topological polar surface area (TPSA) is 91.0 Å². The van der Waals surface area contributed by atoms with Crippen molar-refractivity contribution >= 4 is 40.4 Å². The Morgan fingerprint density at radius 2 is 1.81 bits per heavy atom. The Kier molecular flexibility index (Phi) is 8.19. The molecule has 2 aromatic rings. The van der Waals surface area contributed by atoms with Crippen molar-refractivity contribution in [1.82, 2.24) is 20.4 Å². The number of imide groups is 1. The molecule has 36 heavy (non-hydrogen) atoms. The number of piperazine rings is 1. The number of β-lactam (4-membered cyclic amide) rings is 1. The highest BCUT2D eigenvalue weighted by atomic mass is 127. The highest BCUT2D eigenvalue weighted by molar-refractivity contribution is 14.1. The molecular weight excluding hydrogens is 571 g/mol. The quantitative estimate of drug-likeness (QED) is 0.213. The highest BCUT2D eigenvalue weighted by Crippen LogP contribution is 2.46. The maximum absolute atomic E-state index is 13.2. The molecule has 0 aliphatic carbocycles. The summed E-state index contributed by atoms with van der Waals surface area (Å²) in [6, 6.07) is 16.2. The number of amides is 4. The monoisotopic (exact) mass is 604 g/mol. The van der Waals surface area contributed by atoms with Crippen LogP contribution in [0.25, 0.3) is 0 Å². The van der Waals surface area contributed by atoms with Gasteiger partial charge >= 0.3 is 6.03 Å². The van der Waals surface area contributed by atoms with Crippen molar-refractivity contribution in [3.63, 3.8) is 0 Å². The Bertz CT molecular complexity index is 1090. The third-order valence-electron chi connectivity index (χ3n) is 7.29. The van der Waals surface area contributed by atoms with Crippen molar-refractivity contribution < 1.29 is 19.1 Å². The van der Waals surface area contributed by atoms with Gasteiger partial charge in [0.1, 0.15) is 15.2 Å². The van der Waals surface area contributed by atoms with Crippen LogP contribution >= 0.6 is 22.6 Å². The maximum Gasteiger partial charge on any atom is 0.328 e. The molecule has 2 aliphatic rings. The lowest BCUT2D eigenvalue weighted by atomic mass is 9.72. The van der Waals surface area contributed by atoms with Crippen LogP contribution in [0.1, 0.15) is 53.6 Å². The van der Waals surface area contributed by atoms with Crippen LogP contribution in [0.4, 0.5) is 4.79 Å². The number of ether oxygens (including phenoxy) is 1. The number of hydrogen-bond acceptors (Lipinski definition) is 5. The van der Waals surface area contributed by atoms with Crippen LogP contribution in [0.3, 0.4) is 0 Å². The van der Waals surface area contributed by atoms with Gasteiger partial charge in [-0.15, -0.1) is 0 Å². The number of urea groups is 1. The number of hydrogen-bond donors (Lipinski definition) is 2. The molecule has 0 spiro atoms. The molecule has 0 aromatic heterocycles. The second-order valence-corrected chi connectivity index (χ2v) is 10.6. The zero-order valence-electron chi connectivity index (χ0n) is 20.9. The first-order chi connectivity index (χ1) is 17.3. The molecule has 0 saturated carbocycles. The van der Waals surface area contributed by atoms with Crippen molar-refractivity contribution in [2.45, 2.75) is 49.9 Å². The summed E-state index contributed by atoms with van der Waals surface area (Å²) in [4.78, 5) is 42.3. The molecule has 9 heteroatoms. The largest absolute Gasteiger partial charge is 0.469 e. The lowest BCUT2D eigenvalue weighted by Crippen LogP contribution is -2.73. The molecule has 2 fully saturated rings. The first-order valence-corrected chi connectivity index (χ1v) is 13.7. The Morgan fingerprint density at radius 3 is 2.42 bits per heavy atom. The van der Waals surface area contributed by atoms with Crippen LogP contribution in [0.15, 0.2) is 54.6 Å². The number of nitrogens with one attached hydrogen (secondary N) is 2. The molecule has 0 radical (unpaired) electrons. The Morgan fingerprint density at radius 1 is 1.14 bits per heavy atom. The molecule has 8 nitrogen and oxygen atoms in total. The number of alkyl halides is 1. The summed E-state index contributed by atoms with van der Waals surface area (Å²) in [7, 11) is 0. The predicted octanol–water partition coefficient (Wildman–Crippen LogP) is 4.32. The zero-order chi connectivity index (χ0) is 25.9. The van der Waals surface area contributed by atoms with Crippen LogP contribution in [0.5, 0.6) is 5.75 Å². The minimum absolute atomic E-state index is 0.0131. The molecule has 2 saturated heterocycles. The van der Waals surface area contributed by atoms with Crippen LogP contribution in [0.2, 0.25) is 0 Å². The summed E-state index contributed by atoms with van der Waals surface area (Å²) in [5.74, 6) is 0.266. The van der Waals surface area contributed by atoms with Crippen LogP contribution in [0, 0.1) is 5.41 Å². The van der Waals surface area contributed by atoms with E-state index in [0.717, 1.165) is 18.7 Å². The van der Waals surface area contributed by atoms with Crippen molar-refractivity contribution in [3.05, 3.63) is 65.7 Å². The number of likely N-dealkylation sites (tertiary alicyclic amines) is 1. The third kappa shape index (κ3) is 4.95. The number of benzene rings is 2. The first-order valence-electron chi connectivity index (χ1n) is 12.4. The van der Waals surface area contributed by atoms with Gasteiger partial charge in [-0.05, 0) is 49.6 Å². The fourth-order valence-corrected chi connectivity index (χ4v) is 5.58. The normalized spacial score (nSPS) is 21.9. The number of carbonyl (C=O) groups excluding carboxylic acids is 3. The van der Waals surface area contributed by atoms with Gasteiger partial charge < -0.3 is 20.3 Å². The van der Waals surface area contributed by atoms with E-state index in [9.17, 15) is 14.4 Å². The van der Waals surface area contributed by atoms with Crippen molar-refractivity contribution in [2.75, 3.05) is 19.6 Å². The van der Waals surface area contributed by atoms with Crippen molar-refractivity contribution in [1.29, 1.82) is 0 Å². The van der Waals surface area contributed by atoms with Gasteiger partial charge in [0.05, 0.1) is 0 Å². The maximum atomic E-state index is 13.2. The molecule has 2 N–H and O–H groups in total. The fraction of sp³-hybridized carbons (Fsp3) is 0.444. The van der Waals surface area contributed by atoms with E-state index in [4.69, 9.17) is 4.74 Å². The average Bonchev–Trinajstić information content (AvgIpc) is 2.90. The van der Waals surface area contributed by atoms with Gasteiger partial charge in [0.25, 0.3) is 5.91 Å². The van der Waals surface area contributed by atoms with E-state index in [0.29, 0.717) is 30.7 Å². The molecule has 2 aliphatic heterocycles. The first kappa shape index (κ1) is 26.4. The van der Waals surface area contributed by atoms with E-state index < -0.39 is 17.7 Å². The van der Waals surface area contributed by atoms with Gasteiger partial charge in [-0.2, -0.15) is 0 Å². The van der Waals surface area contributed by atoms with E-state index in [1.54, 1.807) is 24.3 Å².